The van der Waals surface area contributed by atoms with Crippen molar-refractivity contribution < 1.29 is 9.53 Å². The Morgan fingerprint density at radius 2 is 2.33 bits per heavy atom. The van der Waals surface area contributed by atoms with Crippen LogP contribution in [0.1, 0.15) is 6.92 Å². The third kappa shape index (κ3) is 4.24. The number of rotatable bonds is 3. The minimum Gasteiger partial charge on any atom is -0.383 e. The fraction of sp³-hybridized carbons (Fsp3) is 0.800. The van der Waals surface area contributed by atoms with Gasteiger partial charge in [-0.3, -0.25) is 9.21 Å². The largest absolute Gasteiger partial charge is 0.383 e. The summed E-state index contributed by atoms with van der Waals surface area (Å²) in [5.74, 6) is -0.159. The molecule has 0 heterocycles. The smallest absolute Gasteiger partial charge is 0.233 e. The minimum atomic E-state index is -0.159. The molecular formula is C5H10ClNO2. The molecule has 0 saturated carbocycles. The second-order valence-electron chi connectivity index (χ2n) is 1.60. The molecule has 0 bridgehead atoms. The van der Waals surface area contributed by atoms with Gasteiger partial charge in [0.2, 0.25) is 5.91 Å². The lowest BCUT2D eigenvalue weighted by molar-refractivity contribution is -0.124. The summed E-state index contributed by atoms with van der Waals surface area (Å²) in [5.41, 5.74) is 0. The van der Waals surface area contributed by atoms with E-state index >= 15 is 0 Å². The van der Waals surface area contributed by atoms with Gasteiger partial charge in [0.05, 0.1) is 13.2 Å². The predicted octanol–water partition coefficient (Wildman–Crippen LogP) is 0.635. The van der Waals surface area contributed by atoms with Gasteiger partial charge in [-0.05, 0) is 0 Å². The zero-order chi connectivity index (χ0) is 7.28. The van der Waals surface area contributed by atoms with Crippen LogP contribution in [-0.4, -0.2) is 30.6 Å². The topological polar surface area (TPSA) is 29.5 Å². The van der Waals surface area contributed by atoms with E-state index in [0.29, 0.717) is 13.2 Å². The fourth-order valence-electron chi connectivity index (χ4n) is 0.329. The number of hydrogen-bond donors (Lipinski definition) is 0. The third-order valence-electron chi connectivity index (χ3n) is 0.833. The SMILES string of the molecule is COCCN(Cl)C(C)=O. The lowest BCUT2D eigenvalue weighted by Crippen LogP contribution is -2.22. The molecule has 54 valence electrons. The van der Waals surface area contributed by atoms with Gasteiger partial charge < -0.3 is 4.74 Å². The van der Waals surface area contributed by atoms with Crippen LogP contribution in [0.25, 0.3) is 0 Å². The minimum absolute atomic E-state index is 0.159. The summed E-state index contributed by atoms with van der Waals surface area (Å²) >= 11 is 5.40. The highest BCUT2D eigenvalue weighted by Crippen LogP contribution is 1.92. The zero-order valence-electron chi connectivity index (χ0n) is 5.56. The Kier molecular flexibility index (Phi) is 4.44. The molecule has 0 N–H and O–H groups in total. The van der Waals surface area contributed by atoms with Crippen LogP contribution in [-0.2, 0) is 9.53 Å². The number of carbonyl (C=O) groups excluding carboxylic acids is 1. The third-order valence-corrected chi connectivity index (χ3v) is 1.24. The number of amides is 1. The molecule has 0 aromatic carbocycles. The van der Waals surface area contributed by atoms with Crippen molar-refractivity contribution in [2.75, 3.05) is 20.3 Å². The molecule has 4 heteroatoms. The molecule has 0 radical (unpaired) electrons. The first kappa shape index (κ1) is 8.72. The number of hydrogen-bond acceptors (Lipinski definition) is 2. The van der Waals surface area contributed by atoms with Crippen LogP contribution in [0, 0.1) is 0 Å². The van der Waals surface area contributed by atoms with Crippen LogP contribution in [0.4, 0.5) is 0 Å². The van der Waals surface area contributed by atoms with E-state index in [9.17, 15) is 4.79 Å². The monoisotopic (exact) mass is 151 g/mol. The summed E-state index contributed by atoms with van der Waals surface area (Å²) in [4.78, 5) is 10.4. The summed E-state index contributed by atoms with van der Waals surface area (Å²) in [6, 6.07) is 0. The van der Waals surface area contributed by atoms with Gasteiger partial charge in [0.25, 0.3) is 0 Å². The molecule has 0 aliphatic rings. The fourth-order valence-corrected chi connectivity index (χ4v) is 0.398. The van der Waals surface area contributed by atoms with E-state index in [1.165, 1.54) is 6.92 Å². The second kappa shape index (κ2) is 4.58. The summed E-state index contributed by atoms with van der Waals surface area (Å²) in [5, 5.41) is 0. The van der Waals surface area contributed by atoms with Crippen LogP contribution in [0.15, 0.2) is 0 Å². The van der Waals surface area contributed by atoms with Gasteiger partial charge in [0, 0.05) is 25.8 Å². The van der Waals surface area contributed by atoms with Crippen LogP contribution < -0.4 is 0 Å². The van der Waals surface area contributed by atoms with E-state index in [0.717, 1.165) is 4.42 Å². The zero-order valence-corrected chi connectivity index (χ0v) is 6.31. The van der Waals surface area contributed by atoms with Crippen LogP contribution in [0.2, 0.25) is 0 Å². The van der Waals surface area contributed by atoms with Crippen molar-refractivity contribution in [1.29, 1.82) is 0 Å². The molecule has 0 unspecified atom stereocenters. The van der Waals surface area contributed by atoms with E-state index in [-0.39, 0.29) is 5.91 Å². The molecule has 0 aromatic heterocycles. The Balaban J connectivity index is 3.27. The van der Waals surface area contributed by atoms with Crippen molar-refractivity contribution in [3.05, 3.63) is 0 Å². The highest BCUT2D eigenvalue weighted by Gasteiger charge is 2.01. The number of nitrogens with zero attached hydrogens (tertiary/aromatic N) is 1. The average Bonchev–Trinajstić information content (AvgIpc) is 1.82. The molecule has 9 heavy (non-hydrogen) atoms. The molecular weight excluding hydrogens is 142 g/mol. The van der Waals surface area contributed by atoms with Crippen LogP contribution >= 0.6 is 11.8 Å². The van der Waals surface area contributed by atoms with E-state index in [1.807, 2.05) is 0 Å². The van der Waals surface area contributed by atoms with E-state index in [2.05, 4.69) is 4.74 Å². The molecule has 0 aliphatic heterocycles. The van der Waals surface area contributed by atoms with Crippen molar-refractivity contribution >= 4 is 17.7 Å². The van der Waals surface area contributed by atoms with Gasteiger partial charge in [-0.1, -0.05) is 0 Å². The maximum absolute atomic E-state index is 10.4. The normalized spacial score (nSPS) is 9.22. The lowest BCUT2D eigenvalue weighted by atomic mass is 10.6. The molecule has 0 aromatic rings. The summed E-state index contributed by atoms with van der Waals surface area (Å²) in [7, 11) is 1.56. The van der Waals surface area contributed by atoms with Gasteiger partial charge in [-0.15, -0.1) is 0 Å². The van der Waals surface area contributed by atoms with E-state index in [1.54, 1.807) is 7.11 Å². The molecule has 0 saturated heterocycles. The molecule has 0 atom stereocenters. The van der Waals surface area contributed by atoms with Gasteiger partial charge in [-0.2, -0.15) is 0 Å². The number of ether oxygens (including phenoxy) is 1. The Bertz CT molecular complexity index is 97.0. The van der Waals surface area contributed by atoms with Crippen LogP contribution in [0.5, 0.6) is 0 Å². The van der Waals surface area contributed by atoms with E-state index < -0.39 is 0 Å². The Labute approximate surface area is 59.6 Å². The maximum Gasteiger partial charge on any atom is 0.233 e. The molecule has 0 spiro atoms. The van der Waals surface area contributed by atoms with Crippen molar-refractivity contribution in [2.24, 2.45) is 0 Å². The first-order valence-corrected chi connectivity index (χ1v) is 2.95. The van der Waals surface area contributed by atoms with Crippen molar-refractivity contribution in [1.82, 2.24) is 4.42 Å². The highest BCUT2D eigenvalue weighted by molar-refractivity contribution is 6.20. The van der Waals surface area contributed by atoms with Gasteiger partial charge in [-0.25, -0.2) is 0 Å². The molecule has 0 fully saturated rings. The van der Waals surface area contributed by atoms with E-state index in [4.69, 9.17) is 11.8 Å². The van der Waals surface area contributed by atoms with Crippen molar-refractivity contribution in [2.45, 2.75) is 6.92 Å². The number of halogens is 1. The summed E-state index contributed by atoms with van der Waals surface area (Å²) < 4.78 is 5.77. The summed E-state index contributed by atoms with van der Waals surface area (Å²) in [6.07, 6.45) is 0. The number of carbonyl (C=O) groups is 1. The van der Waals surface area contributed by atoms with Gasteiger partial charge in [0.1, 0.15) is 0 Å². The summed E-state index contributed by atoms with van der Waals surface area (Å²) in [6.45, 7) is 2.32. The molecule has 1 amide bonds. The first-order chi connectivity index (χ1) is 4.18. The lowest BCUT2D eigenvalue weighted by Gasteiger charge is -2.08. The standard InChI is InChI=1S/C5H10ClNO2/c1-5(8)7(6)3-4-9-2/h3-4H2,1-2H3. The Morgan fingerprint density at radius 3 is 2.67 bits per heavy atom. The van der Waals surface area contributed by atoms with Crippen molar-refractivity contribution in [3.8, 4) is 0 Å². The Hall–Kier alpha value is -0.280. The molecule has 0 rings (SSSR count). The average molecular weight is 152 g/mol. The quantitative estimate of drug-likeness (QED) is 0.554. The maximum atomic E-state index is 10.4. The molecule has 0 aliphatic carbocycles. The number of methoxy groups -OCH3 is 1. The molecule has 3 nitrogen and oxygen atoms in total. The Morgan fingerprint density at radius 1 is 1.78 bits per heavy atom. The van der Waals surface area contributed by atoms with Gasteiger partial charge >= 0.3 is 0 Å². The second-order valence-corrected chi connectivity index (χ2v) is 2.01. The highest BCUT2D eigenvalue weighted by atomic mass is 35.5. The van der Waals surface area contributed by atoms with Gasteiger partial charge in [0.15, 0.2) is 0 Å². The van der Waals surface area contributed by atoms with Crippen molar-refractivity contribution in [3.63, 3.8) is 0 Å². The van der Waals surface area contributed by atoms with Crippen LogP contribution in [0.3, 0.4) is 0 Å². The first-order valence-electron chi connectivity index (χ1n) is 2.61. The predicted molar refractivity (Wildman–Crippen MR) is 35.1 cm³/mol.